The molecule has 0 bridgehead atoms. The van der Waals surface area contributed by atoms with Gasteiger partial charge in [0.05, 0.1) is 12.0 Å². The molecule has 0 radical (unpaired) electrons. The fourth-order valence-electron chi connectivity index (χ4n) is 4.96. The van der Waals surface area contributed by atoms with E-state index in [1.165, 1.54) is 16.7 Å². The SMILES string of the molecule is O=C1Cc2ccccc2C2(CCN(Cc3ccc(C(=O)c4ccccc4)cc3)CC2)N1. The van der Waals surface area contributed by atoms with Crippen molar-refractivity contribution in [1.29, 1.82) is 0 Å². The van der Waals surface area contributed by atoms with Crippen molar-refractivity contribution in [3.8, 4) is 0 Å². The zero-order valence-corrected chi connectivity index (χ0v) is 17.5. The molecule has 1 saturated heterocycles. The summed E-state index contributed by atoms with van der Waals surface area (Å²) in [4.78, 5) is 27.3. The van der Waals surface area contributed by atoms with Gasteiger partial charge in [-0.05, 0) is 29.5 Å². The van der Waals surface area contributed by atoms with Crippen molar-refractivity contribution in [2.24, 2.45) is 0 Å². The van der Waals surface area contributed by atoms with Gasteiger partial charge < -0.3 is 5.32 Å². The molecule has 1 fully saturated rings. The van der Waals surface area contributed by atoms with E-state index in [1.54, 1.807) is 0 Å². The van der Waals surface area contributed by atoms with Crippen molar-refractivity contribution < 1.29 is 9.59 Å². The minimum atomic E-state index is -0.228. The number of piperidine rings is 1. The van der Waals surface area contributed by atoms with Gasteiger partial charge in [0.2, 0.25) is 5.91 Å². The molecule has 31 heavy (non-hydrogen) atoms. The van der Waals surface area contributed by atoms with Crippen molar-refractivity contribution in [2.75, 3.05) is 13.1 Å². The van der Waals surface area contributed by atoms with Crippen LogP contribution in [0, 0.1) is 0 Å². The molecule has 156 valence electrons. The number of nitrogens with zero attached hydrogens (tertiary/aromatic N) is 1. The van der Waals surface area contributed by atoms with Crippen molar-refractivity contribution in [3.63, 3.8) is 0 Å². The minimum absolute atomic E-state index is 0.0544. The normalized spacial score (nSPS) is 17.7. The van der Waals surface area contributed by atoms with Crippen LogP contribution in [0.5, 0.6) is 0 Å². The molecule has 1 amide bonds. The molecule has 4 heteroatoms. The monoisotopic (exact) mass is 410 g/mol. The van der Waals surface area contributed by atoms with Crippen molar-refractivity contribution in [1.82, 2.24) is 10.2 Å². The Labute approximate surface area is 182 Å². The molecule has 4 nitrogen and oxygen atoms in total. The van der Waals surface area contributed by atoms with Crippen molar-refractivity contribution in [2.45, 2.75) is 31.3 Å². The summed E-state index contributed by atoms with van der Waals surface area (Å²) in [6, 6.07) is 25.7. The number of likely N-dealkylation sites (tertiary alicyclic amines) is 1. The highest BCUT2D eigenvalue weighted by Gasteiger charge is 2.41. The second kappa shape index (κ2) is 8.12. The van der Waals surface area contributed by atoms with E-state index in [9.17, 15) is 9.59 Å². The number of carbonyl (C=O) groups excluding carboxylic acids is 2. The van der Waals surface area contributed by atoms with Gasteiger partial charge in [0.25, 0.3) is 0 Å². The van der Waals surface area contributed by atoms with Crippen LogP contribution in [0.3, 0.4) is 0 Å². The van der Waals surface area contributed by atoms with Gasteiger partial charge in [0.1, 0.15) is 0 Å². The van der Waals surface area contributed by atoms with E-state index in [-0.39, 0.29) is 17.2 Å². The van der Waals surface area contributed by atoms with Gasteiger partial charge in [-0.3, -0.25) is 14.5 Å². The van der Waals surface area contributed by atoms with E-state index in [2.05, 4.69) is 40.5 Å². The average molecular weight is 411 g/mol. The molecule has 1 N–H and O–H groups in total. The highest BCUT2D eigenvalue weighted by Crippen LogP contribution is 2.38. The quantitative estimate of drug-likeness (QED) is 0.660. The summed E-state index contributed by atoms with van der Waals surface area (Å²) in [5.41, 5.74) is 4.86. The molecule has 3 aromatic rings. The smallest absolute Gasteiger partial charge is 0.225 e. The van der Waals surface area contributed by atoms with Crippen molar-refractivity contribution >= 4 is 11.7 Å². The highest BCUT2D eigenvalue weighted by molar-refractivity contribution is 6.08. The Morgan fingerprint density at radius 1 is 0.839 bits per heavy atom. The van der Waals surface area contributed by atoms with Gasteiger partial charge in [-0.1, -0.05) is 78.9 Å². The number of benzene rings is 3. The zero-order chi connectivity index (χ0) is 21.3. The van der Waals surface area contributed by atoms with Crippen LogP contribution in [0.15, 0.2) is 78.9 Å². The van der Waals surface area contributed by atoms with E-state index < -0.39 is 0 Å². The van der Waals surface area contributed by atoms with Crippen LogP contribution >= 0.6 is 0 Å². The number of fused-ring (bicyclic) bond motifs is 2. The number of amides is 1. The molecule has 1 spiro atoms. The standard InChI is InChI=1S/C27H26N2O2/c30-25-18-23-8-4-5-9-24(23)27(28-25)14-16-29(17-15-27)19-20-10-12-22(13-11-20)26(31)21-6-2-1-3-7-21/h1-13H,14-19H2,(H,28,30). The molecule has 2 heterocycles. The minimum Gasteiger partial charge on any atom is -0.346 e. The van der Waals surface area contributed by atoms with Gasteiger partial charge in [0.15, 0.2) is 5.78 Å². The van der Waals surface area contributed by atoms with Gasteiger partial charge in [-0.2, -0.15) is 0 Å². The predicted octanol–water partition coefficient (Wildman–Crippen LogP) is 4.08. The third-order valence-electron chi connectivity index (χ3n) is 6.63. The summed E-state index contributed by atoms with van der Waals surface area (Å²) < 4.78 is 0. The second-order valence-corrected chi connectivity index (χ2v) is 8.63. The molecule has 0 atom stereocenters. The molecule has 2 aliphatic rings. The molecular formula is C27H26N2O2. The largest absolute Gasteiger partial charge is 0.346 e. The third-order valence-corrected chi connectivity index (χ3v) is 6.63. The Balaban J connectivity index is 1.24. The molecule has 5 rings (SSSR count). The number of nitrogens with one attached hydrogen (secondary N) is 1. The van der Waals surface area contributed by atoms with E-state index >= 15 is 0 Å². The number of rotatable bonds is 4. The van der Waals surface area contributed by atoms with Gasteiger partial charge in [-0.25, -0.2) is 0 Å². The van der Waals surface area contributed by atoms with Gasteiger partial charge >= 0.3 is 0 Å². The maximum absolute atomic E-state index is 12.6. The number of ketones is 1. The maximum Gasteiger partial charge on any atom is 0.225 e. The van der Waals surface area contributed by atoms with E-state index in [0.29, 0.717) is 17.5 Å². The van der Waals surface area contributed by atoms with Crippen molar-refractivity contribution in [3.05, 3.63) is 107 Å². The van der Waals surface area contributed by atoms with Crippen LogP contribution in [-0.4, -0.2) is 29.7 Å². The fraction of sp³-hybridized carbons (Fsp3) is 0.259. The number of hydrogen-bond donors (Lipinski definition) is 1. The van der Waals surface area contributed by atoms with Crippen LogP contribution in [0.4, 0.5) is 0 Å². The first-order valence-corrected chi connectivity index (χ1v) is 10.9. The molecule has 3 aromatic carbocycles. The summed E-state index contributed by atoms with van der Waals surface area (Å²) in [5, 5.41) is 3.30. The predicted molar refractivity (Wildman–Crippen MR) is 121 cm³/mol. The summed E-state index contributed by atoms with van der Waals surface area (Å²) in [7, 11) is 0. The van der Waals surface area contributed by atoms with Crippen LogP contribution in [0.1, 0.15) is 45.5 Å². The third kappa shape index (κ3) is 3.91. The lowest BCUT2D eigenvalue weighted by atomic mass is 9.75. The lowest BCUT2D eigenvalue weighted by Crippen LogP contribution is -2.56. The van der Waals surface area contributed by atoms with Gasteiger partial charge in [0, 0.05) is 30.8 Å². The summed E-state index contributed by atoms with van der Waals surface area (Å²) >= 11 is 0. The van der Waals surface area contributed by atoms with Crippen LogP contribution in [0.2, 0.25) is 0 Å². The molecule has 0 aromatic heterocycles. The van der Waals surface area contributed by atoms with Crippen LogP contribution < -0.4 is 5.32 Å². The Morgan fingerprint density at radius 2 is 1.48 bits per heavy atom. The Hall–Kier alpha value is -3.24. The lowest BCUT2D eigenvalue weighted by Gasteiger charge is -2.45. The zero-order valence-electron chi connectivity index (χ0n) is 17.5. The van der Waals surface area contributed by atoms with Gasteiger partial charge in [-0.15, -0.1) is 0 Å². The number of hydrogen-bond acceptors (Lipinski definition) is 3. The summed E-state index contributed by atoms with van der Waals surface area (Å²) in [6.45, 7) is 2.71. The maximum atomic E-state index is 12.6. The Kier molecular flexibility index (Phi) is 5.16. The molecule has 2 aliphatic heterocycles. The van der Waals surface area contributed by atoms with E-state index in [0.717, 1.165) is 32.5 Å². The fourth-order valence-corrected chi connectivity index (χ4v) is 4.96. The van der Waals surface area contributed by atoms with E-state index in [4.69, 9.17) is 0 Å². The molecular weight excluding hydrogens is 384 g/mol. The number of carbonyl (C=O) groups is 2. The second-order valence-electron chi connectivity index (χ2n) is 8.63. The lowest BCUT2D eigenvalue weighted by molar-refractivity contribution is -0.124. The first kappa shape index (κ1) is 19.7. The molecule has 0 aliphatic carbocycles. The first-order valence-electron chi connectivity index (χ1n) is 10.9. The van der Waals surface area contributed by atoms with Crippen LogP contribution in [0.25, 0.3) is 0 Å². The van der Waals surface area contributed by atoms with Crippen LogP contribution in [-0.2, 0) is 23.3 Å². The highest BCUT2D eigenvalue weighted by atomic mass is 16.1. The first-order chi connectivity index (χ1) is 15.1. The van der Waals surface area contributed by atoms with E-state index in [1.807, 2.05) is 48.5 Å². The average Bonchev–Trinajstić information content (AvgIpc) is 2.81. The Bertz CT molecular complexity index is 1100. The summed E-state index contributed by atoms with van der Waals surface area (Å²) in [6.07, 6.45) is 2.32. The topological polar surface area (TPSA) is 49.4 Å². The summed E-state index contributed by atoms with van der Waals surface area (Å²) in [5.74, 6) is 0.185. The molecule has 0 saturated carbocycles. The Morgan fingerprint density at radius 3 is 2.23 bits per heavy atom. The molecule has 0 unspecified atom stereocenters.